The van der Waals surface area contributed by atoms with Crippen LogP contribution in [0.25, 0.3) is 0 Å². The molecule has 152 valence electrons. The number of nitrogens with zero attached hydrogens (tertiary/aromatic N) is 2. The minimum atomic E-state index is 0. The third kappa shape index (κ3) is 5.47. The molecule has 5 nitrogen and oxygen atoms in total. The number of aliphatic imine (C=N–C) groups is 1. The van der Waals surface area contributed by atoms with Gasteiger partial charge in [0, 0.05) is 25.2 Å². The molecule has 2 bridgehead atoms. The molecular weight excluding hydrogens is 439 g/mol. The number of guanidine groups is 1. The average Bonchev–Trinajstić information content (AvgIpc) is 3.15. The molecule has 2 N–H and O–H groups in total. The summed E-state index contributed by atoms with van der Waals surface area (Å²) in [5.41, 5.74) is 0.0937. The van der Waals surface area contributed by atoms with E-state index in [1.807, 2.05) is 0 Å². The topological polar surface area (TPSA) is 48.9 Å². The van der Waals surface area contributed by atoms with Crippen LogP contribution in [0, 0.1) is 11.8 Å². The largest absolute Gasteiger partial charge is 0.373 e. The Hall–Kier alpha value is -0.0800. The smallest absolute Gasteiger partial charge is 0.191 e. The Morgan fingerprint density at radius 1 is 1.15 bits per heavy atom. The molecule has 5 atom stereocenters. The zero-order chi connectivity index (χ0) is 18.0. The molecule has 0 aromatic carbocycles. The Morgan fingerprint density at radius 2 is 1.85 bits per heavy atom. The minimum absolute atomic E-state index is 0. The standard InChI is InChI=1S/C20H38N4O.HI/c1-6-21-19(23-17-10-16-7-8-18(17)25-16)22-13-20(4,5)24-11-14(2)9-15(3)12-24;/h14-18H,6-13H2,1-5H3,(H2,21,22,23);1H. The van der Waals surface area contributed by atoms with Crippen LogP contribution in [0.4, 0.5) is 0 Å². The van der Waals surface area contributed by atoms with Crippen LogP contribution in [-0.2, 0) is 4.74 Å². The predicted octanol–water partition coefficient (Wildman–Crippen LogP) is 3.24. The van der Waals surface area contributed by atoms with Gasteiger partial charge in [-0.05, 0) is 58.3 Å². The highest BCUT2D eigenvalue weighted by Crippen LogP contribution is 2.34. The first-order chi connectivity index (χ1) is 11.9. The second-order valence-corrected chi connectivity index (χ2v) is 9.22. The summed E-state index contributed by atoms with van der Waals surface area (Å²) in [5.74, 6) is 2.52. The number of piperidine rings is 1. The van der Waals surface area contributed by atoms with Gasteiger partial charge in [0.25, 0.3) is 0 Å². The van der Waals surface area contributed by atoms with Crippen LogP contribution in [0.3, 0.4) is 0 Å². The van der Waals surface area contributed by atoms with Crippen LogP contribution in [0.5, 0.6) is 0 Å². The SMILES string of the molecule is CCNC(=NCC(C)(C)N1CC(C)CC(C)C1)NC1CC2CCC1O2.I. The lowest BCUT2D eigenvalue weighted by atomic mass is 9.88. The van der Waals surface area contributed by atoms with Gasteiger partial charge in [0.15, 0.2) is 5.96 Å². The van der Waals surface area contributed by atoms with Gasteiger partial charge in [-0.2, -0.15) is 0 Å². The summed E-state index contributed by atoms with van der Waals surface area (Å²) in [7, 11) is 0. The Labute approximate surface area is 177 Å². The third-order valence-corrected chi connectivity index (χ3v) is 6.12. The Bertz CT molecular complexity index is 474. The number of nitrogens with one attached hydrogen (secondary N) is 2. The second kappa shape index (κ2) is 9.41. The number of halogens is 1. The fourth-order valence-corrected chi connectivity index (χ4v) is 4.82. The summed E-state index contributed by atoms with van der Waals surface area (Å²) in [6.45, 7) is 15.7. The molecule has 3 aliphatic rings. The van der Waals surface area contributed by atoms with Crippen molar-refractivity contribution in [1.82, 2.24) is 15.5 Å². The van der Waals surface area contributed by atoms with Crippen LogP contribution in [0.1, 0.15) is 60.3 Å². The monoisotopic (exact) mass is 478 g/mol. The molecule has 0 spiro atoms. The molecule has 3 heterocycles. The van der Waals surface area contributed by atoms with Gasteiger partial charge < -0.3 is 15.4 Å². The van der Waals surface area contributed by atoms with Gasteiger partial charge in [0.05, 0.1) is 24.8 Å². The van der Waals surface area contributed by atoms with Gasteiger partial charge in [-0.25, -0.2) is 0 Å². The van der Waals surface area contributed by atoms with Crippen LogP contribution < -0.4 is 10.6 Å². The third-order valence-electron chi connectivity index (χ3n) is 6.12. The molecule has 26 heavy (non-hydrogen) atoms. The van der Waals surface area contributed by atoms with Crippen molar-refractivity contribution < 1.29 is 4.74 Å². The summed E-state index contributed by atoms with van der Waals surface area (Å²) in [6.07, 6.45) is 5.75. The molecule has 0 radical (unpaired) electrons. The van der Waals surface area contributed by atoms with E-state index in [1.54, 1.807) is 0 Å². The molecule has 3 saturated heterocycles. The van der Waals surface area contributed by atoms with E-state index in [0.717, 1.165) is 37.3 Å². The maximum atomic E-state index is 5.97. The molecule has 0 aromatic rings. The zero-order valence-corrected chi connectivity index (χ0v) is 19.6. The quantitative estimate of drug-likeness (QED) is 0.362. The van der Waals surface area contributed by atoms with E-state index in [9.17, 15) is 0 Å². The molecule has 6 heteroatoms. The van der Waals surface area contributed by atoms with Crippen molar-refractivity contribution in [2.24, 2.45) is 16.8 Å². The van der Waals surface area contributed by atoms with Crippen molar-refractivity contribution in [3.8, 4) is 0 Å². The van der Waals surface area contributed by atoms with Crippen LogP contribution in [0.15, 0.2) is 4.99 Å². The zero-order valence-electron chi connectivity index (χ0n) is 17.3. The number of hydrogen-bond donors (Lipinski definition) is 2. The molecule has 0 saturated carbocycles. The fourth-order valence-electron chi connectivity index (χ4n) is 4.82. The number of hydrogen-bond acceptors (Lipinski definition) is 3. The van der Waals surface area contributed by atoms with E-state index >= 15 is 0 Å². The molecule has 3 aliphatic heterocycles. The summed E-state index contributed by atoms with van der Waals surface area (Å²) in [6, 6.07) is 0.426. The summed E-state index contributed by atoms with van der Waals surface area (Å²) in [5, 5.41) is 7.06. The number of rotatable bonds is 5. The van der Waals surface area contributed by atoms with E-state index in [-0.39, 0.29) is 29.5 Å². The van der Waals surface area contributed by atoms with Gasteiger partial charge in [-0.1, -0.05) is 13.8 Å². The maximum Gasteiger partial charge on any atom is 0.191 e. The Balaban J connectivity index is 0.00000243. The van der Waals surface area contributed by atoms with E-state index in [4.69, 9.17) is 9.73 Å². The second-order valence-electron chi connectivity index (χ2n) is 9.22. The lowest BCUT2D eigenvalue weighted by Gasteiger charge is -2.44. The highest BCUT2D eigenvalue weighted by Gasteiger charge is 2.41. The number of fused-ring (bicyclic) bond motifs is 2. The van der Waals surface area contributed by atoms with Crippen molar-refractivity contribution in [2.45, 2.75) is 84.1 Å². The maximum absolute atomic E-state index is 5.97. The highest BCUT2D eigenvalue weighted by molar-refractivity contribution is 14.0. The lowest BCUT2D eigenvalue weighted by molar-refractivity contribution is 0.0512. The molecule has 3 rings (SSSR count). The van der Waals surface area contributed by atoms with Crippen molar-refractivity contribution in [3.63, 3.8) is 0 Å². The first-order valence-electron chi connectivity index (χ1n) is 10.3. The highest BCUT2D eigenvalue weighted by atomic mass is 127. The van der Waals surface area contributed by atoms with Crippen LogP contribution >= 0.6 is 24.0 Å². The van der Waals surface area contributed by atoms with Gasteiger partial charge in [-0.15, -0.1) is 24.0 Å². The van der Waals surface area contributed by atoms with Crippen molar-refractivity contribution >= 4 is 29.9 Å². The first-order valence-corrected chi connectivity index (χ1v) is 10.3. The van der Waals surface area contributed by atoms with Gasteiger partial charge in [0.2, 0.25) is 0 Å². The predicted molar refractivity (Wildman–Crippen MR) is 119 cm³/mol. The summed E-state index contributed by atoms with van der Waals surface area (Å²) < 4.78 is 5.97. The minimum Gasteiger partial charge on any atom is -0.373 e. The molecular formula is C20H39IN4O. The van der Waals surface area contributed by atoms with Gasteiger partial charge in [-0.3, -0.25) is 9.89 Å². The molecule has 0 amide bonds. The van der Waals surface area contributed by atoms with E-state index in [2.05, 4.69) is 50.2 Å². The fraction of sp³-hybridized carbons (Fsp3) is 0.950. The van der Waals surface area contributed by atoms with E-state index < -0.39 is 0 Å². The Morgan fingerprint density at radius 3 is 2.38 bits per heavy atom. The Kier molecular flexibility index (Phi) is 8.04. The van der Waals surface area contributed by atoms with Crippen molar-refractivity contribution in [2.75, 3.05) is 26.2 Å². The summed E-state index contributed by atoms with van der Waals surface area (Å²) in [4.78, 5) is 7.59. The summed E-state index contributed by atoms with van der Waals surface area (Å²) >= 11 is 0. The van der Waals surface area contributed by atoms with Gasteiger partial charge in [0.1, 0.15) is 0 Å². The number of likely N-dealkylation sites (tertiary alicyclic amines) is 1. The van der Waals surface area contributed by atoms with E-state index in [0.29, 0.717) is 18.2 Å². The van der Waals surface area contributed by atoms with Crippen LogP contribution in [0.2, 0.25) is 0 Å². The average molecular weight is 478 g/mol. The van der Waals surface area contributed by atoms with Crippen molar-refractivity contribution in [3.05, 3.63) is 0 Å². The lowest BCUT2D eigenvalue weighted by Crippen LogP contribution is -2.53. The van der Waals surface area contributed by atoms with Crippen molar-refractivity contribution in [1.29, 1.82) is 0 Å². The van der Waals surface area contributed by atoms with Gasteiger partial charge >= 0.3 is 0 Å². The van der Waals surface area contributed by atoms with Crippen LogP contribution in [-0.4, -0.2) is 60.8 Å². The normalized spacial score (nSPS) is 35.3. The molecule has 0 aromatic heterocycles. The first kappa shape index (κ1) is 22.2. The van der Waals surface area contributed by atoms with E-state index in [1.165, 1.54) is 32.4 Å². The number of ether oxygens (including phenoxy) is 1. The molecule has 5 unspecified atom stereocenters. The molecule has 3 fully saturated rings. The molecule has 0 aliphatic carbocycles.